The first-order valence-corrected chi connectivity index (χ1v) is 9.24. The minimum atomic E-state index is -0.210. The topological polar surface area (TPSA) is 65.5 Å². The number of nitrogens with one attached hydrogen (secondary N) is 1. The van der Waals surface area contributed by atoms with Gasteiger partial charge in [0.15, 0.2) is 0 Å². The molecule has 2 amide bonds. The molecule has 144 valence electrons. The molecule has 0 atom stereocenters. The number of hydrogen-bond donors (Lipinski definition) is 1. The van der Waals surface area contributed by atoms with Gasteiger partial charge in [-0.1, -0.05) is 0 Å². The van der Waals surface area contributed by atoms with Gasteiger partial charge < -0.3 is 15.1 Å². The molecule has 27 heavy (non-hydrogen) atoms. The summed E-state index contributed by atoms with van der Waals surface area (Å²) in [6, 6.07) is 9.67. The Bertz CT molecular complexity index is 773. The lowest BCUT2D eigenvalue weighted by Gasteiger charge is -2.23. The molecule has 0 spiro atoms. The third-order valence-electron chi connectivity index (χ3n) is 4.52. The molecule has 1 N–H and O–H groups in total. The fourth-order valence-electron chi connectivity index (χ4n) is 2.92. The molecule has 2 rings (SSSR count). The number of aromatic nitrogens is 1. The van der Waals surface area contributed by atoms with Crippen LogP contribution in [-0.2, 0) is 16.1 Å². The quantitative estimate of drug-likeness (QED) is 0.777. The summed E-state index contributed by atoms with van der Waals surface area (Å²) in [6.07, 6.45) is 3.35. The van der Waals surface area contributed by atoms with Gasteiger partial charge in [0.2, 0.25) is 11.8 Å². The molecule has 6 nitrogen and oxygen atoms in total. The van der Waals surface area contributed by atoms with Crippen LogP contribution in [0.5, 0.6) is 0 Å². The number of rotatable bonds is 8. The third-order valence-corrected chi connectivity index (χ3v) is 4.52. The predicted molar refractivity (Wildman–Crippen MR) is 109 cm³/mol. The molecule has 1 aromatic carbocycles. The van der Waals surface area contributed by atoms with E-state index in [0.717, 1.165) is 35.6 Å². The first-order valence-electron chi connectivity index (χ1n) is 9.24. The van der Waals surface area contributed by atoms with Gasteiger partial charge >= 0.3 is 0 Å². The molecular formula is C21H28N4O2. The third kappa shape index (κ3) is 5.81. The van der Waals surface area contributed by atoms with Crippen molar-refractivity contribution >= 4 is 23.2 Å². The maximum absolute atomic E-state index is 12.5. The van der Waals surface area contributed by atoms with E-state index in [9.17, 15) is 9.59 Å². The molecule has 0 bridgehead atoms. The van der Waals surface area contributed by atoms with Crippen LogP contribution in [0.15, 0.2) is 42.7 Å². The van der Waals surface area contributed by atoms with E-state index < -0.39 is 0 Å². The molecule has 0 radical (unpaired) electrons. The molecule has 0 saturated heterocycles. The zero-order valence-electron chi connectivity index (χ0n) is 16.5. The number of carbonyl (C=O) groups is 2. The molecule has 6 heteroatoms. The maximum atomic E-state index is 12.5. The number of aryl methyl sites for hydroxylation is 1. The lowest BCUT2D eigenvalue weighted by molar-refractivity contribution is -0.133. The van der Waals surface area contributed by atoms with Gasteiger partial charge in [-0.05, 0) is 62.2 Å². The number of pyridine rings is 1. The summed E-state index contributed by atoms with van der Waals surface area (Å²) < 4.78 is 0. The van der Waals surface area contributed by atoms with E-state index in [-0.39, 0.29) is 18.4 Å². The summed E-state index contributed by atoms with van der Waals surface area (Å²) in [7, 11) is 0. The molecule has 0 aliphatic rings. The van der Waals surface area contributed by atoms with Crippen molar-refractivity contribution < 1.29 is 9.59 Å². The molecular weight excluding hydrogens is 340 g/mol. The number of carbonyl (C=O) groups excluding carboxylic acids is 2. The van der Waals surface area contributed by atoms with E-state index in [4.69, 9.17) is 0 Å². The second kappa shape index (κ2) is 9.71. The van der Waals surface area contributed by atoms with E-state index in [1.165, 1.54) is 11.8 Å². The SMILES string of the molecule is CCN(CC)c1ccc(NC(=O)CN(Cc2ccncc2)C(C)=O)c(C)c1. The number of hydrogen-bond acceptors (Lipinski definition) is 4. The fourth-order valence-corrected chi connectivity index (χ4v) is 2.92. The molecule has 0 saturated carbocycles. The Balaban J connectivity index is 2.04. The second-order valence-electron chi connectivity index (χ2n) is 6.45. The molecule has 1 aromatic heterocycles. The molecule has 0 aliphatic carbocycles. The highest BCUT2D eigenvalue weighted by Crippen LogP contribution is 2.22. The van der Waals surface area contributed by atoms with Gasteiger partial charge in [0, 0.05) is 50.3 Å². The van der Waals surface area contributed by atoms with Crippen molar-refractivity contribution in [2.75, 3.05) is 29.9 Å². The summed E-state index contributed by atoms with van der Waals surface area (Å²) in [4.78, 5) is 32.1. The van der Waals surface area contributed by atoms with Crippen LogP contribution >= 0.6 is 0 Å². The Morgan fingerprint density at radius 1 is 1.07 bits per heavy atom. The van der Waals surface area contributed by atoms with Gasteiger partial charge in [-0.25, -0.2) is 0 Å². The second-order valence-corrected chi connectivity index (χ2v) is 6.45. The largest absolute Gasteiger partial charge is 0.372 e. The van der Waals surface area contributed by atoms with Crippen molar-refractivity contribution in [2.45, 2.75) is 34.2 Å². The summed E-state index contributed by atoms with van der Waals surface area (Å²) in [6.45, 7) is 9.94. The molecule has 1 heterocycles. The highest BCUT2D eigenvalue weighted by atomic mass is 16.2. The zero-order chi connectivity index (χ0) is 19.8. The Morgan fingerprint density at radius 3 is 2.30 bits per heavy atom. The van der Waals surface area contributed by atoms with Crippen molar-refractivity contribution in [3.63, 3.8) is 0 Å². The highest BCUT2D eigenvalue weighted by Gasteiger charge is 2.15. The van der Waals surface area contributed by atoms with Crippen LogP contribution < -0.4 is 10.2 Å². The number of amides is 2. The molecule has 0 aliphatic heterocycles. The molecule has 2 aromatic rings. The zero-order valence-corrected chi connectivity index (χ0v) is 16.5. The summed E-state index contributed by atoms with van der Waals surface area (Å²) in [5.74, 6) is -0.353. The van der Waals surface area contributed by atoms with Gasteiger partial charge in [0.1, 0.15) is 6.54 Å². The molecule has 0 fully saturated rings. The number of benzene rings is 1. The van der Waals surface area contributed by atoms with Gasteiger partial charge in [-0.15, -0.1) is 0 Å². The first kappa shape index (κ1) is 20.4. The van der Waals surface area contributed by atoms with Crippen molar-refractivity contribution in [3.05, 3.63) is 53.9 Å². The van der Waals surface area contributed by atoms with Crippen LogP contribution in [-0.4, -0.2) is 41.3 Å². The van der Waals surface area contributed by atoms with E-state index in [2.05, 4.69) is 35.1 Å². The lowest BCUT2D eigenvalue weighted by atomic mass is 10.1. The minimum Gasteiger partial charge on any atom is -0.372 e. The van der Waals surface area contributed by atoms with Gasteiger partial charge in [0.25, 0.3) is 0 Å². The van der Waals surface area contributed by atoms with Crippen molar-refractivity contribution in [1.82, 2.24) is 9.88 Å². The number of anilines is 2. The van der Waals surface area contributed by atoms with Crippen molar-refractivity contribution in [1.29, 1.82) is 0 Å². The normalized spacial score (nSPS) is 10.4. The lowest BCUT2D eigenvalue weighted by Crippen LogP contribution is -2.36. The smallest absolute Gasteiger partial charge is 0.244 e. The van der Waals surface area contributed by atoms with Gasteiger partial charge in [0.05, 0.1) is 0 Å². The standard InChI is InChI=1S/C21H28N4O2/c1-5-24(6-2)19-7-8-20(16(3)13-19)23-21(27)15-25(17(4)26)14-18-9-11-22-12-10-18/h7-13H,5-6,14-15H2,1-4H3,(H,23,27). The van der Waals surface area contributed by atoms with Crippen molar-refractivity contribution in [2.24, 2.45) is 0 Å². The Labute approximate surface area is 161 Å². The number of nitrogens with zero attached hydrogens (tertiary/aromatic N) is 3. The monoisotopic (exact) mass is 368 g/mol. The molecule has 0 unspecified atom stereocenters. The van der Waals surface area contributed by atoms with Crippen LogP contribution in [0, 0.1) is 6.92 Å². The van der Waals surface area contributed by atoms with Gasteiger partial charge in [-0.3, -0.25) is 14.6 Å². The maximum Gasteiger partial charge on any atom is 0.244 e. The summed E-state index contributed by atoms with van der Waals surface area (Å²) in [5.41, 5.74) is 3.84. The van der Waals surface area contributed by atoms with E-state index in [1.807, 2.05) is 31.2 Å². The first-order chi connectivity index (χ1) is 12.9. The Kier molecular flexibility index (Phi) is 7.34. The highest BCUT2D eigenvalue weighted by molar-refractivity contribution is 5.95. The van der Waals surface area contributed by atoms with Crippen LogP contribution in [0.2, 0.25) is 0 Å². The van der Waals surface area contributed by atoms with Crippen LogP contribution in [0.25, 0.3) is 0 Å². The van der Waals surface area contributed by atoms with Crippen LogP contribution in [0.1, 0.15) is 31.9 Å². The van der Waals surface area contributed by atoms with E-state index >= 15 is 0 Å². The average molecular weight is 368 g/mol. The fraction of sp³-hybridized carbons (Fsp3) is 0.381. The van der Waals surface area contributed by atoms with Crippen molar-refractivity contribution in [3.8, 4) is 0 Å². The summed E-state index contributed by atoms with van der Waals surface area (Å²) >= 11 is 0. The van der Waals surface area contributed by atoms with Crippen LogP contribution in [0.3, 0.4) is 0 Å². The van der Waals surface area contributed by atoms with Crippen LogP contribution in [0.4, 0.5) is 11.4 Å². The van der Waals surface area contributed by atoms with E-state index in [0.29, 0.717) is 6.54 Å². The van der Waals surface area contributed by atoms with E-state index in [1.54, 1.807) is 12.4 Å². The average Bonchev–Trinajstić information content (AvgIpc) is 2.65. The Morgan fingerprint density at radius 2 is 1.74 bits per heavy atom. The summed E-state index contributed by atoms with van der Waals surface area (Å²) in [5, 5.41) is 2.92. The minimum absolute atomic E-state index is 0.00882. The van der Waals surface area contributed by atoms with Gasteiger partial charge in [-0.2, -0.15) is 0 Å². The Hall–Kier alpha value is -2.89. The predicted octanol–water partition coefficient (Wildman–Crippen LogP) is 3.22.